The summed E-state index contributed by atoms with van der Waals surface area (Å²) in [5.41, 5.74) is 3.41. The first-order chi connectivity index (χ1) is 18.4. The lowest BCUT2D eigenvalue weighted by molar-refractivity contribution is 0.0297. The summed E-state index contributed by atoms with van der Waals surface area (Å²) in [5.74, 6) is 0.566. The minimum Gasteiger partial charge on any atom is -0.493 e. The number of para-hydroxylation sites is 1. The fourth-order valence-electron chi connectivity index (χ4n) is 3.91. The topological polar surface area (TPSA) is 69.7 Å². The average molecular weight is 572 g/mol. The monoisotopic (exact) mass is 570 g/mol. The highest BCUT2D eigenvalue weighted by Gasteiger charge is 2.23. The largest absolute Gasteiger partial charge is 0.493 e. The van der Waals surface area contributed by atoms with Gasteiger partial charge >= 0.3 is 5.97 Å². The summed E-state index contributed by atoms with van der Waals surface area (Å²) in [6.07, 6.45) is 2.52. The van der Waals surface area contributed by atoms with E-state index in [4.69, 9.17) is 49.0 Å². The summed E-state index contributed by atoms with van der Waals surface area (Å²) >= 11 is 19.0. The number of carbonyl (C=O) groups is 1. The van der Waals surface area contributed by atoms with Gasteiger partial charge in [-0.25, -0.2) is 4.79 Å². The molecule has 0 radical (unpaired) electrons. The minimum absolute atomic E-state index is 0.231. The van der Waals surface area contributed by atoms with Gasteiger partial charge in [0, 0.05) is 25.4 Å². The zero-order valence-corrected chi connectivity index (χ0v) is 23.0. The van der Waals surface area contributed by atoms with Crippen LogP contribution in [0.15, 0.2) is 79.1 Å². The molecule has 38 heavy (non-hydrogen) atoms. The Morgan fingerprint density at radius 2 is 1.61 bits per heavy atom. The van der Waals surface area contributed by atoms with Crippen molar-refractivity contribution in [2.24, 2.45) is 0 Å². The zero-order valence-electron chi connectivity index (χ0n) is 20.7. The maximum absolute atomic E-state index is 13.3. The number of rotatable bonds is 10. The number of hydrogen-bond donors (Lipinski definition) is 1. The third-order valence-corrected chi connectivity index (χ3v) is 6.87. The van der Waals surface area contributed by atoms with Crippen LogP contribution in [0.5, 0.6) is 11.5 Å². The number of halogens is 3. The van der Waals surface area contributed by atoms with E-state index in [1.807, 2.05) is 42.5 Å². The predicted octanol–water partition coefficient (Wildman–Crippen LogP) is 7.81. The van der Waals surface area contributed by atoms with Gasteiger partial charge in [-0.2, -0.15) is 0 Å². The number of esters is 1. The smallest absolute Gasteiger partial charge is 0.338 e. The lowest BCUT2D eigenvalue weighted by Gasteiger charge is -2.21. The molecular weight excluding hydrogens is 547 g/mol. The summed E-state index contributed by atoms with van der Waals surface area (Å²) in [4.78, 5) is 17.4. The molecule has 6 nitrogen and oxygen atoms in total. The lowest BCUT2D eigenvalue weighted by Crippen LogP contribution is -2.15. The van der Waals surface area contributed by atoms with E-state index in [1.165, 1.54) is 12.4 Å². The molecule has 0 bridgehead atoms. The molecule has 196 valence electrons. The average Bonchev–Trinajstić information content (AvgIpc) is 2.93. The van der Waals surface area contributed by atoms with E-state index in [1.54, 1.807) is 38.5 Å². The van der Waals surface area contributed by atoms with E-state index in [2.05, 4.69) is 10.3 Å². The Hall–Kier alpha value is -3.45. The van der Waals surface area contributed by atoms with Crippen molar-refractivity contribution in [3.05, 3.63) is 116 Å². The molecule has 0 aliphatic heterocycles. The molecule has 0 fully saturated rings. The normalized spacial score (nSPS) is 11.5. The summed E-state index contributed by atoms with van der Waals surface area (Å²) in [6, 6.07) is 20.0. The van der Waals surface area contributed by atoms with Gasteiger partial charge in [-0.1, -0.05) is 65.1 Å². The Bertz CT molecular complexity index is 1410. The molecule has 4 rings (SSSR count). The van der Waals surface area contributed by atoms with Crippen LogP contribution in [-0.2, 0) is 17.7 Å². The first kappa shape index (κ1) is 27.6. The van der Waals surface area contributed by atoms with E-state index in [0.717, 1.165) is 11.3 Å². The van der Waals surface area contributed by atoms with Crippen molar-refractivity contribution in [3.8, 4) is 11.5 Å². The SMILES string of the molecule is COc1ccc([C@H](Cc2c(Cl)cncc2Cl)OC(=O)c2cccc(CNc3ccccc3Cl)c2)cc1OC. The van der Waals surface area contributed by atoms with E-state index in [9.17, 15) is 4.79 Å². The maximum atomic E-state index is 13.3. The predicted molar refractivity (Wildman–Crippen MR) is 151 cm³/mol. The van der Waals surface area contributed by atoms with Gasteiger partial charge in [0.15, 0.2) is 11.5 Å². The minimum atomic E-state index is -0.718. The van der Waals surface area contributed by atoms with Gasteiger partial charge in [-0.05, 0) is 53.1 Å². The Labute approximate surface area is 236 Å². The Kier molecular flexibility index (Phi) is 9.34. The van der Waals surface area contributed by atoms with Crippen molar-refractivity contribution in [2.75, 3.05) is 19.5 Å². The summed E-state index contributed by atoms with van der Waals surface area (Å²) in [5, 5.41) is 4.67. The maximum Gasteiger partial charge on any atom is 0.338 e. The number of nitrogens with zero attached hydrogens (tertiary/aromatic N) is 1. The Morgan fingerprint density at radius 1 is 0.868 bits per heavy atom. The molecular formula is C29H25Cl3N2O4. The zero-order chi connectivity index (χ0) is 27.1. The number of methoxy groups -OCH3 is 2. The molecule has 0 amide bonds. The number of anilines is 1. The van der Waals surface area contributed by atoms with Crippen molar-refractivity contribution in [2.45, 2.75) is 19.1 Å². The highest BCUT2D eigenvalue weighted by Crippen LogP contribution is 2.35. The molecule has 1 aromatic heterocycles. The molecule has 0 aliphatic carbocycles. The van der Waals surface area contributed by atoms with Crippen LogP contribution in [0.1, 0.15) is 33.2 Å². The number of hydrogen-bond acceptors (Lipinski definition) is 6. The molecule has 0 aliphatic rings. The third-order valence-electron chi connectivity index (χ3n) is 5.89. The second-order valence-corrected chi connectivity index (χ2v) is 9.55. The molecule has 9 heteroatoms. The van der Waals surface area contributed by atoms with Crippen molar-refractivity contribution < 1.29 is 19.0 Å². The third kappa shape index (κ3) is 6.70. The van der Waals surface area contributed by atoms with Crippen LogP contribution in [0.3, 0.4) is 0 Å². The standard InChI is InChI=1S/C29H25Cl3N2O4/c1-36-26-11-10-19(13-28(26)37-2)27(14-21-23(31)16-33-17-24(21)32)38-29(35)20-7-5-6-18(12-20)15-34-25-9-4-3-8-22(25)30/h3-13,16-17,27,34H,14-15H2,1-2H3/t27-/m0/s1. The number of pyridine rings is 1. The quantitative estimate of drug-likeness (QED) is 0.196. The number of aromatic nitrogens is 1. The van der Waals surface area contributed by atoms with Gasteiger partial charge in [0.05, 0.1) is 40.5 Å². The van der Waals surface area contributed by atoms with Crippen LogP contribution in [0.25, 0.3) is 0 Å². The van der Waals surface area contributed by atoms with Crippen molar-refractivity contribution in [1.29, 1.82) is 0 Å². The van der Waals surface area contributed by atoms with Crippen LogP contribution in [0, 0.1) is 0 Å². The molecule has 4 aromatic rings. The van der Waals surface area contributed by atoms with Gasteiger partial charge < -0.3 is 19.5 Å². The Morgan fingerprint density at radius 3 is 2.32 bits per heavy atom. The van der Waals surface area contributed by atoms with Crippen molar-refractivity contribution in [3.63, 3.8) is 0 Å². The fraction of sp³-hybridized carbons (Fsp3) is 0.172. The molecule has 1 N–H and O–H groups in total. The fourth-order valence-corrected chi connectivity index (χ4v) is 4.63. The van der Waals surface area contributed by atoms with E-state index in [0.29, 0.717) is 49.8 Å². The summed E-state index contributed by atoms with van der Waals surface area (Å²) in [6.45, 7) is 0.478. The molecule has 0 saturated heterocycles. The number of nitrogens with one attached hydrogen (secondary N) is 1. The van der Waals surface area contributed by atoms with Gasteiger partial charge in [0.2, 0.25) is 0 Å². The highest BCUT2D eigenvalue weighted by molar-refractivity contribution is 6.35. The van der Waals surface area contributed by atoms with Crippen molar-refractivity contribution in [1.82, 2.24) is 4.98 Å². The van der Waals surface area contributed by atoms with Gasteiger partial charge in [-0.3, -0.25) is 4.98 Å². The molecule has 0 saturated carbocycles. The van der Waals surface area contributed by atoms with Gasteiger partial charge in [0.1, 0.15) is 6.10 Å². The first-order valence-electron chi connectivity index (χ1n) is 11.7. The first-order valence-corrected chi connectivity index (χ1v) is 12.8. The Balaban J connectivity index is 1.59. The van der Waals surface area contributed by atoms with Crippen molar-refractivity contribution >= 4 is 46.5 Å². The number of ether oxygens (including phenoxy) is 3. The summed E-state index contributed by atoms with van der Waals surface area (Å²) < 4.78 is 16.8. The van der Waals surface area contributed by atoms with Gasteiger partial charge in [0.25, 0.3) is 0 Å². The lowest BCUT2D eigenvalue weighted by atomic mass is 10.0. The molecule has 1 atom stereocenters. The second-order valence-electron chi connectivity index (χ2n) is 8.33. The number of carbonyl (C=O) groups excluding carboxylic acids is 1. The van der Waals surface area contributed by atoms with Crippen LogP contribution in [-0.4, -0.2) is 25.2 Å². The van der Waals surface area contributed by atoms with E-state index in [-0.39, 0.29) is 6.42 Å². The molecule has 0 unspecified atom stereocenters. The van der Waals surface area contributed by atoms with Crippen LogP contribution in [0.4, 0.5) is 5.69 Å². The van der Waals surface area contributed by atoms with Gasteiger partial charge in [-0.15, -0.1) is 0 Å². The van der Waals surface area contributed by atoms with E-state index < -0.39 is 12.1 Å². The van der Waals surface area contributed by atoms with E-state index >= 15 is 0 Å². The van der Waals surface area contributed by atoms with Crippen LogP contribution >= 0.6 is 34.8 Å². The molecule has 3 aromatic carbocycles. The second kappa shape index (κ2) is 12.9. The molecule has 1 heterocycles. The molecule has 0 spiro atoms. The number of benzene rings is 3. The van der Waals surface area contributed by atoms with Crippen LogP contribution < -0.4 is 14.8 Å². The summed E-state index contributed by atoms with van der Waals surface area (Å²) in [7, 11) is 3.10. The highest BCUT2D eigenvalue weighted by atomic mass is 35.5. The van der Waals surface area contributed by atoms with Crippen LogP contribution in [0.2, 0.25) is 15.1 Å².